The molecular formula is C20H31ClF2N2O2. The van der Waals surface area contributed by atoms with E-state index in [4.69, 9.17) is 16.3 Å². The number of piperidine rings is 1. The van der Waals surface area contributed by atoms with E-state index in [0.717, 1.165) is 37.4 Å². The third kappa shape index (κ3) is 7.27. The van der Waals surface area contributed by atoms with Crippen LogP contribution in [0, 0.1) is 0 Å². The lowest BCUT2D eigenvalue weighted by Crippen LogP contribution is -2.57. The summed E-state index contributed by atoms with van der Waals surface area (Å²) in [6.07, 6.45) is 2.70. The highest BCUT2D eigenvalue weighted by molar-refractivity contribution is 6.30. The molecule has 2 heterocycles. The van der Waals surface area contributed by atoms with Gasteiger partial charge in [-0.1, -0.05) is 37.6 Å². The third-order valence-electron chi connectivity index (χ3n) is 4.98. The molecule has 3 rings (SSSR count). The smallest absolute Gasteiger partial charge is 0.345 e. The van der Waals surface area contributed by atoms with Crippen molar-refractivity contribution < 1.29 is 18.3 Å². The van der Waals surface area contributed by atoms with Gasteiger partial charge in [-0.15, -0.1) is 0 Å². The summed E-state index contributed by atoms with van der Waals surface area (Å²) in [4.78, 5) is 2.44. The summed E-state index contributed by atoms with van der Waals surface area (Å²) in [6.45, 7) is 4.34. The number of ether oxygens (including phenoxy) is 2. The van der Waals surface area contributed by atoms with Gasteiger partial charge in [0.2, 0.25) is 0 Å². The quantitative estimate of drug-likeness (QED) is 0.777. The number of alkyl halides is 2. The lowest BCUT2D eigenvalue weighted by molar-refractivity contribution is -0.174. The fourth-order valence-corrected chi connectivity index (χ4v) is 3.84. The molecule has 2 aliphatic rings. The monoisotopic (exact) mass is 404 g/mol. The molecule has 0 saturated carbocycles. The minimum atomic E-state index is -2.75. The Bertz CT molecular complexity index is 527. The average Bonchev–Trinajstić information content (AvgIpc) is 2.71. The van der Waals surface area contributed by atoms with Crippen molar-refractivity contribution in [2.45, 2.75) is 57.9 Å². The van der Waals surface area contributed by atoms with Gasteiger partial charge in [0.15, 0.2) is 0 Å². The third-order valence-corrected chi connectivity index (χ3v) is 5.23. The van der Waals surface area contributed by atoms with Gasteiger partial charge in [0.25, 0.3) is 0 Å². The highest BCUT2D eigenvalue weighted by Crippen LogP contribution is 2.24. The van der Waals surface area contributed by atoms with Gasteiger partial charge in [-0.2, -0.15) is 8.78 Å². The fraction of sp³-hybridized carbons (Fsp3) is 0.700. The largest absolute Gasteiger partial charge is 0.373 e. The summed E-state index contributed by atoms with van der Waals surface area (Å²) < 4.78 is 34.9. The Morgan fingerprint density at radius 1 is 1.22 bits per heavy atom. The molecule has 0 aromatic heterocycles. The summed E-state index contributed by atoms with van der Waals surface area (Å²) >= 11 is 5.97. The van der Waals surface area contributed by atoms with E-state index >= 15 is 0 Å². The van der Waals surface area contributed by atoms with Crippen molar-refractivity contribution in [3.05, 3.63) is 34.9 Å². The molecule has 1 aromatic carbocycles. The topological polar surface area (TPSA) is 33.7 Å². The number of morpholine rings is 1. The second kappa shape index (κ2) is 11.9. The summed E-state index contributed by atoms with van der Waals surface area (Å²) in [5, 5.41) is 4.10. The van der Waals surface area contributed by atoms with Crippen LogP contribution in [0.3, 0.4) is 0 Å². The predicted octanol–water partition coefficient (Wildman–Crippen LogP) is 3.97. The molecule has 0 amide bonds. The second-order valence-corrected chi connectivity index (χ2v) is 7.15. The Morgan fingerprint density at radius 2 is 1.89 bits per heavy atom. The van der Waals surface area contributed by atoms with E-state index in [2.05, 4.69) is 15.0 Å². The van der Waals surface area contributed by atoms with Crippen LogP contribution in [0.4, 0.5) is 8.78 Å². The molecule has 0 aliphatic carbocycles. The predicted molar refractivity (Wildman–Crippen MR) is 105 cm³/mol. The van der Waals surface area contributed by atoms with Crippen LogP contribution in [0.15, 0.2) is 24.3 Å². The van der Waals surface area contributed by atoms with Crippen LogP contribution in [-0.4, -0.2) is 62.5 Å². The zero-order chi connectivity index (χ0) is 19.6. The van der Waals surface area contributed by atoms with Gasteiger partial charge in [0.1, 0.15) is 0 Å². The van der Waals surface area contributed by atoms with Crippen molar-refractivity contribution in [1.29, 1.82) is 0 Å². The molecule has 2 unspecified atom stereocenters. The Morgan fingerprint density at radius 3 is 2.52 bits per heavy atom. The van der Waals surface area contributed by atoms with E-state index in [1.165, 1.54) is 5.56 Å². The molecule has 0 spiro atoms. The molecule has 154 valence electrons. The van der Waals surface area contributed by atoms with Crippen LogP contribution in [0.5, 0.6) is 0 Å². The molecule has 4 nitrogen and oxygen atoms in total. The maximum absolute atomic E-state index is 12.3. The minimum absolute atomic E-state index is 0.0627. The van der Waals surface area contributed by atoms with Gasteiger partial charge in [0.05, 0.1) is 19.3 Å². The average molecular weight is 405 g/mol. The minimum Gasteiger partial charge on any atom is -0.373 e. The Labute approximate surface area is 166 Å². The van der Waals surface area contributed by atoms with Crippen LogP contribution in [0.25, 0.3) is 0 Å². The summed E-state index contributed by atoms with van der Waals surface area (Å²) in [5.41, 5.74) is 1.21. The van der Waals surface area contributed by atoms with E-state index in [0.29, 0.717) is 19.2 Å². The molecule has 1 aromatic rings. The lowest BCUT2D eigenvalue weighted by atomic mass is 9.97. The number of hydrogen-bond donors (Lipinski definition) is 1. The number of halogens is 3. The molecule has 27 heavy (non-hydrogen) atoms. The molecule has 1 N–H and O–H groups in total. The molecule has 7 heteroatoms. The molecule has 2 atom stereocenters. The Kier molecular flexibility index (Phi) is 9.93. The highest BCUT2D eigenvalue weighted by Gasteiger charge is 2.34. The first-order valence-electron chi connectivity index (χ1n) is 9.84. The van der Waals surface area contributed by atoms with E-state index in [9.17, 15) is 8.78 Å². The summed E-state index contributed by atoms with van der Waals surface area (Å²) in [7, 11) is 0. The maximum Gasteiger partial charge on any atom is 0.345 e. The first-order chi connectivity index (χ1) is 13.1. The Balaban J connectivity index is 0.00000126. The van der Waals surface area contributed by atoms with Gasteiger partial charge in [-0.3, -0.25) is 4.90 Å². The van der Waals surface area contributed by atoms with E-state index in [1.54, 1.807) is 0 Å². The van der Waals surface area contributed by atoms with Crippen molar-refractivity contribution in [3.63, 3.8) is 0 Å². The van der Waals surface area contributed by atoms with Crippen LogP contribution in [-0.2, 0) is 15.9 Å². The molecular weight excluding hydrogens is 374 g/mol. The van der Waals surface area contributed by atoms with Gasteiger partial charge < -0.3 is 14.8 Å². The Hall–Kier alpha value is -0.790. The number of benzene rings is 1. The molecule has 2 fully saturated rings. The van der Waals surface area contributed by atoms with Gasteiger partial charge in [-0.25, -0.2) is 0 Å². The summed E-state index contributed by atoms with van der Waals surface area (Å²) in [6, 6.07) is 8.57. The molecule has 0 bridgehead atoms. The standard InChI is InChI=1S/C18H25ClF2N2O2.C2H6/c19-14-3-1-13(2-4-14)9-16-11-24-17(12-25-18(20)21)10-23(16)15-5-7-22-8-6-15;1-2/h1-4,15-18,22H,5-12H2;1-2H3. The van der Waals surface area contributed by atoms with Crippen molar-refractivity contribution >= 4 is 11.6 Å². The maximum atomic E-state index is 12.3. The van der Waals surface area contributed by atoms with Crippen LogP contribution in [0.2, 0.25) is 5.02 Å². The number of nitrogens with one attached hydrogen (secondary N) is 1. The van der Waals surface area contributed by atoms with Crippen LogP contribution in [0.1, 0.15) is 32.3 Å². The number of nitrogens with zero attached hydrogens (tertiary/aromatic N) is 1. The lowest BCUT2D eigenvalue weighted by Gasteiger charge is -2.45. The van der Waals surface area contributed by atoms with Gasteiger partial charge in [-0.05, 0) is 50.0 Å². The van der Waals surface area contributed by atoms with E-state index in [-0.39, 0.29) is 18.8 Å². The van der Waals surface area contributed by atoms with Gasteiger partial charge >= 0.3 is 6.61 Å². The van der Waals surface area contributed by atoms with E-state index < -0.39 is 6.61 Å². The first-order valence-corrected chi connectivity index (χ1v) is 10.2. The summed E-state index contributed by atoms with van der Waals surface area (Å²) in [5.74, 6) is 0. The highest BCUT2D eigenvalue weighted by atomic mass is 35.5. The van der Waals surface area contributed by atoms with E-state index in [1.807, 2.05) is 38.1 Å². The van der Waals surface area contributed by atoms with Gasteiger partial charge in [0, 0.05) is 23.7 Å². The molecule has 2 aliphatic heterocycles. The van der Waals surface area contributed by atoms with Crippen molar-refractivity contribution in [2.24, 2.45) is 0 Å². The molecule has 0 radical (unpaired) electrons. The van der Waals surface area contributed by atoms with Crippen molar-refractivity contribution in [1.82, 2.24) is 10.2 Å². The zero-order valence-corrected chi connectivity index (χ0v) is 16.9. The van der Waals surface area contributed by atoms with Crippen molar-refractivity contribution in [2.75, 3.05) is 32.8 Å². The number of rotatable bonds is 6. The zero-order valence-electron chi connectivity index (χ0n) is 16.2. The fourth-order valence-electron chi connectivity index (χ4n) is 3.71. The first kappa shape index (κ1) is 22.5. The second-order valence-electron chi connectivity index (χ2n) is 6.71. The van der Waals surface area contributed by atoms with Crippen LogP contribution >= 0.6 is 11.6 Å². The van der Waals surface area contributed by atoms with Crippen molar-refractivity contribution in [3.8, 4) is 0 Å². The number of hydrogen-bond acceptors (Lipinski definition) is 4. The molecule has 2 saturated heterocycles. The van der Waals surface area contributed by atoms with Crippen LogP contribution < -0.4 is 5.32 Å². The normalized spacial score (nSPS) is 24.5. The SMILES string of the molecule is CC.FC(F)OCC1CN(C2CCNCC2)C(Cc2ccc(Cl)cc2)CO1.